The second-order valence-electron chi connectivity index (χ2n) is 11.4. The summed E-state index contributed by atoms with van der Waals surface area (Å²) in [5, 5.41) is 13.7. The van der Waals surface area contributed by atoms with E-state index >= 15 is 0 Å². The summed E-state index contributed by atoms with van der Waals surface area (Å²) in [5.41, 5.74) is 6.66. The first-order valence-corrected chi connectivity index (χ1v) is 13.6. The van der Waals surface area contributed by atoms with Crippen LogP contribution in [0.3, 0.4) is 0 Å². The minimum Gasteiger partial charge on any atom is -0.477 e. The molecule has 1 aromatic heterocycles. The standard InChI is InChI=1S/C29H37N3O4/c1-19-13-21-17-35-18-29(2)25(21)24(14-19)26(28(33)34)32(29)15-23(16-32)36-12-5-3-4-8-22-10-9-20-7-6-11-30-27(20)31-22/h9-10,13-14,23,26H,3-8,11-12,15-18H2,1-2H3,(H-,30,31,33,34)/p+1. The molecule has 2 unspecified atom stereocenters. The molecule has 7 heteroatoms. The zero-order valence-electron chi connectivity index (χ0n) is 21.5. The first-order valence-electron chi connectivity index (χ1n) is 13.6. The maximum absolute atomic E-state index is 12.5. The molecule has 1 spiro atoms. The fraction of sp³-hybridized carbons (Fsp3) is 0.586. The van der Waals surface area contributed by atoms with Crippen molar-refractivity contribution in [1.82, 2.24) is 4.98 Å². The first-order chi connectivity index (χ1) is 17.4. The second-order valence-corrected chi connectivity index (χ2v) is 11.4. The third-order valence-corrected chi connectivity index (χ3v) is 9.02. The Bertz CT molecular complexity index is 1180. The number of anilines is 1. The van der Waals surface area contributed by atoms with E-state index in [1.165, 1.54) is 23.2 Å². The molecule has 5 heterocycles. The summed E-state index contributed by atoms with van der Waals surface area (Å²) < 4.78 is 12.8. The number of nitrogens with one attached hydrogen (secondary N) is 1. The van der Waals surface area contributed by atoms with Crippen LogP contribution in [0.25, 0.3) is 0 Å². The van der Waals surface area contributed by atoms with Gasteiger partial charge in [-0.15, -0.1) is 0 Å². The molecule has 4 aliphatic rings. The Balaban J connectivity index is 1.03. The Labute approximate surface area is 213 Å². The van der Waals surface area contributed by atoms with E-state index in [9.17, 15) is 9.90 Å². The highest BCUT2D eigenvalue weighted by molar-refractivity contribution is 5.77. The zero-order valence-corrected chi connectivity index (χ0v) is 21.5. The monoisotopic (exact) mass is 492 g/mol. The average Bonchev–Trinajstić information content (AvgIpc) is 3.06. The van der Waals surface area contributed by atoms with Gasteiger partial charge in [0, 0.05) is 30.0 Å². The topological polar surface area (TPSA) is 80.7 Å². The first kappa shape index (κ1) is 23.9. The molecule has 7 nitrogen and oxygen atoms in total. The highest BCUT2D eigenvalue weighted by Gasteiger charge is 2.70. The van der Waals surface area contributed by atoms with Crippen LogP contribution in [0, 0.1) is 6.92 Å². The summed E-state index contributed by atoms with van der Waals surface area (Å²) in [7, 11) is 0. The third-order valence-electron chi connectivity index (χ3n) is 9.02. The lowest BCUT2D eigenvalue weighted by atomic mass is 9.82. The smallest absolute Gasteiger partial charge is 0.367 e. The van der Waals surface area contributed by atoms with E-state index in [1.54, 1.807) is 0 Å². The summed E-state index contributed by atoms with van der Waals surface area (Å²) in [4.78, 5) is 17.3. The minimum absolute atomic E-state index is 0.109. The van der Waals surface area contributed by atoms with Gasteiger partial charge in [-0.1, -0.05) is 24.1 Å². The molecule has 2 atom stereocenters. The van der Waals surface area contributed by atoms with E-state index in [-0.39, 0.29) is 11.6 Å². The van der Waals surface area contributed by atoms with E-state index in [0.717, 1.165) is 80.9 Å². The van der Waals surface area contributed by atoms with Gasteiger partial charge in [0.1, 0.15) is 31.1 Å². The number of aliphatic carboxylic acids is 1. The number of aromatic nitrogens is 1. The van der Waals surface area contributed by atoms with E-state index < -0.39 is 12.0 Å². The van der Waals surface area contributed by atoms with Crippen molar-refractivity contribution in [3.63, 3.8) is 0 Å². The molecule has 4 aliphatic heterocycles. The number of ether oxygens (including phenoxy) is 2. The normalized spacial score (nSPS) is 29.8. The molecule has 1 saturated heterocycles. The van der Waals surface area contributed by atoms with Crippen LogP contribution >= 0.6 is 0 Å². The summed E-state index contributed by atoms with van der Waals surface area (Å²) in [6, 6.07) is 8.13. The molecule has 2 aromatic rings. The summed E-state index contributed by atoms with van der Waals surface area (Å²) in [6.07, 6.45) is 6.65. The molecule has 0 bridgehead atoms. The van der Waals surface area contributed by atoms with Gasteiger partial charge in [0.25, 0.3) is 0 Å². The molecule has 0 saturated carbocycles. The maximum Gasteiger partial charge on any atom is 0.367 e. The van der Waals surface area contributed by atoms with Crippen LogP contribution in [0.1, 0.15) is 72.2 Å². The lowest BCUT2D eigenvalue weighted by molar-refractivity contribution is -1.03. The van der Waals surface area contributed by atoms with Crippen molar-refractivity contribution in [3.05, 3.63) is 57.8 Å². The highest BCUT2D eigenvalue weighted by atomic mass is 16.5. The van der Waals surface area contributed by atoms with Crippen LogP contribution < -0.4 is 5.32 Å². The largest absolute Gasteiger partial charge is 0.477 e. The molecule has 2 N–H and O–H groups in total. The van der Waals surface area contributed by atoms with Crippen LogP contribution in [0.4, 0.5) is 5.82 Å². The minimum atomic E-state index is -0.733. The number of aryl methyl sites for hydroxylation is 3. The van der Waals surface area contributed by atoms with Crippen LogP contribution in [0.2, 0.25) is 0 Å². The van der Waals surface area contributed by atoms with E-state index in [2.05, 4.69) is 36.5 Å². The summed E-state index contributed by atoms with van der Waals surface area (Å²) in [5.74, 6) is 0.343. The number of benzene rings is 1. The predicted octanol–water partition coefficient (Wildman–Crippen LogP) is 4.26. The van der Waals surface area contributed by atoms with Gasteiger partial charge in [0.15, 0.2) is 6.10 Å². The maximum atomic E-state index is 12.5. The number of carboxylic acid groups (broad SMARTS) is 1. The number of rotatable bonds is 8. The average molecular weight is 493 g/mol. The number of quaternary nitrogens is 1. The van der Waals surface area contributed by atoms with Crippen molar-refractivity contribution < 1.29 is 23.9 Å². The fourth-order valence-electron chi connectivity index (χ4n) is 7.29. The van der Waals surface area contributed by atoms with Crippen LogP contribution in [-0.2, 0) is 39.3 Å². The zero-order chi connectivity index (χ0) is 24.9. The number of unbranched alkanes of at least 4 members (excludes halogenated alkanes) is 2. The second kappa shape index (κ2) is 9.12. The van der Waals surface area contributed by atoms with Gasteiger partial charge >= 0.3 is 5.97 Å². The SMILES string of the molecule is Cc1cc2c3c(c1)C(C(=O)O)[N+]1(CC(OCCCCCc4ccc5c(n4)NCCC5)C1)C3(C)COC2. The van der Waals surface area contributed by atoms with Gasteiger partial charge in [-0.05, 0) is 69.2 Å². The Morgan fingerprint density at radius 1 is 1.25 bits per heavy atom. The van der Waals surface area contributed by atoms with Crippen molar-refractivity contribution >= 4 is 11.8 Å². The molecule has 0 aliphatic carbocycles. The number of hydrogen-bond acceptors (Lipinski definition) is 5. The van der Waals surface area contributed by atoms with Gasteiger partial charge in [0.2, 0.25) is 6.04 Å². The molecular formula is C29H38N3O4+. The van der Waals surface area contributed by atoms with Crippen LogP contribution in [0.5, 0.6) is 0 Å². The molecule has 1 fully saturated rings. The number of nitrogens with zero attached hydrogens (tertiary/aromatic N) is 2. The van der Waals surface area contributed by atoms with Crippen molar-refractivity contribution in [3.8, 4) is 0 Å². The lowest BCUT2D eigenvalue weighted by Crippen LogP contribution is -2.75. The van der Waals surface area contributed by atoms with Gasteiger partial charge in [-0.25, -0.2) is 9.78 Å². The van der Waals surface area contributed by atoms with Crippen molar-refractivity contribution in [2.75, 3.05) is 38.2 Å². The molecule has 192 valence electrons. The van der Waals surface area contributed by atoms with E-state index in [1.807, 2.05) is 6.92 Å². The van der Waals surface area contributed by atoms with Crippen molar-refractivity contribution in [2.24, 2.45) is 0 Å². The number of carboxylic acids is 1. The number of fused-ring (bicyclic) bond motifs is 2. The quantitative estimate of drug-likeness (QED) is 0.423. The molecule has 0 radical (unpaired) electrons. The van der Waals surface area contributed by atoms with E-state index in [0.29, 0.717) is 17.7 Å². The highest BCUT2D eigenvalue weighted by Crippen LogP contribution is 2.59. The Morgan fingerprint density at radius 2 is 2.11 bits per heavy atom. The Hall–Kier alpha value is -2.48. The van der Waals surface area contributed by atoms with Gasteiger partial charge in [-0.3, -0.25) is 4.48 Å². The van der Waals surface area contributed by atoms with Crippen molar-refractivity contribution in [2.45, 2.75) is 76.7 Å². The lowest BCUT2D eigenvalue weighted by Gasteiger charge is -2.58. The van der Waals surface area contributed by atoms with E-state index in [4.69, 9.17) is 14.5 Å². The number of hydrogen-bond donors (Lipinski definition) is 2. The van der Waals surface area contributed by atoms with Gasteiger partial charge in [-0.2, -0.15) is 0 Å². The fourth-order valence-corrected chi connectivity index (χ4v) is 7.29. The molecule has 6 rings (SSSR count). The molecular weight excluding hydrogens is 454 g/mol. The Kier molecular flexibility index (Phi) is 6.05. The number of pyridine rings is 1. The Morgan fingerprint density at radius 3 is 2.94 bits per heavy atom. The summed E-state index contributed by atoms with van der Waals surface area (Å²) >= 11 is 0. The van der Waals surface area contributed by atoms with Gasteiger partial charge < -0.3 is 19.9 Å². The van der Waals surface area contributed by atoms with Crippen LogP contribution in [-0.4, -0.2) is 59.5 Å². The van der Waals surface area contributed by atoms with Crippen molar-refractivity contribution in [1.29, 1.82) is 0 Å². The molecule has 1 aromatic carbocycles. The summed E-state index contributed by atoms with van der Waals surface area (Å²) in [6.45, 7) is 8.60. The van der Waals surface area contributed by atoms with Gasteiger partial charge in [0.05, 0.1) is 6.61 Å². The van der Waals surface area contributed by atoms with Crippen LogP contribution in [0.15, 0.2) is 24.3 Å². The predicted molar refractivity (Wildman–Crippen MR) is 137 cm³/mol. The third kappa shape index (κ3) is 3.75. The molecule has 36 heavy (non-hydrogen) atoms. The molecule has 0 amide bonds. The number of carbonyl (C=O) groups is 1.